The molecule has 0 spiro atoms. The van der Waals surface area contributed by atoms with Gasteiger partial charge in [0.2, 0.25) is 5.78 Å². The number of nitrogens with zero attached hydrogens (tertiary/aromatic N) is 1. The highest BCUT2D eigenvalue weighted by Gasteiger charge is 2.31. The van der Waals surface area contributed by atoms with Gasteiger partial charge in [0.05, 0.1) is 4.92 Å². The lowest BCUT2D eigenvalue weighted by Gasteiger charge is -2.17. The predicted molar refractivity (Wildman–Crippen MR) is 115 cm³/mol. The predicted octanol–water partition coefficient (Wildman–Crippen LogP) is 5.51. The molecule has 1 unspecified atom stereocenters. The lowest BCUT2D eigenvalue weighted by molar-refractivity contribution is -0.385. The maximum absolute atomic E-state index is 13.4. The Morgan fingerprint density at radius 1 is 0.968 bits per heavy atom. The van der Waals surface area contributed by atoms with Gasteiger partial charge >= 0.3 is 5.97 Å². The van der Waals surface area contributed by atoms with Gasteiger partial charge in [0.1, 0.15) is 5.56 Å². The highest BCUT2D eigenvalue weighted by atomic mass is 35.5. The second kappa shape index (κ2) is 8.41. The highest BCUT2D eigenvalue weighted by Crippen LogP contribution is 2.30. The zero-order valence-electron chi connectivity index (χ0n) is 15.9. The average Bonchev–Trinajstić information content (AvgIpc) is 3.21. The number of halogens is 1. The van der Waals surface area contributed by atoms with Gasteiger partial charge in [-0.05, 0) is 18.2 Å². The Bertz CT molecular complexity index is 1300. The number of carbonyl (C=O) groups is 2. The molecule has 0 aliphatic heterocycles. The van der Waals surface area contributed by atoms with Gasteiger partial charge in [0, 0.05) is 39.3 Å². The molecule has 0 bridgehead atoms. The fourth-order valence-corrected chi connectivity index (χ4v) is 3.48. The quantitative estimate of drug-likeness (QED) is 0.186. The lowest BCUT2D eigenvalue weighted by atomic mass is 9.99. The Labute approximate surface area is 181 Å². The Morgan fingerprint density at radius 2 is 1.68 bits per heavy atom. The molecule has 1 N–H and O–H groups in total. The third-order valence-electron chi connectivity index (χ3n) is 4.80. The molecule has 0 aliphatic carbocycles. The Balaban J connectivity index is 1.74. The van der Waals surface area contributed by atoms with Gasteiger partial charge in [-0.2, -0.15) is 0 Å². The number of aromatic amines is 1. The number of ether oxygens (including phenoxy) is 1. The van der Waals surface area contributed by atoms with Crippen LogP contribution >= 0.6 is 11.6 Å². The molecule has 1 aromatic heterocycles. The number of carbonyl (C=O) groups excluding carboxylic acids is 2. The van der Waals surface area contributed by atoms with Crippen molar-refractivity contribution in [2.45, 2.75) is 6.10 Å². The van der Waals surface area contributed by atoms with Crippen molar-refractivity contribution < 1.29 is 19.2 Å². The van der Waals surface area contributed by atoms with Gasteiger partial charge in [-0.3, -0.25) is 14.9 Å². The zero-order valence-corrected chi connectivity index (χ0v) is 16.7. The molecule has 31 heavy (non-hydrogen) atoms. The molecule has 154 valence electrons. The summed E-state index contributed by atoms with van der Waals surface area (Å²) < 4.78 is 5.54. The van der Waals surface area contributed by atoms with Crippen LogP contribution in [-0.4, -0.2) is 21.7 Å². The van der Waals surface area contributed by atoms with Crippen molar-refractivity contribution in [1.29, 1.82) is 0 Å². The van der Waals surface area contributed by atoms with E-state index in [2.05, 4.69) is 4.98 Å². The molecule has 0 saturated heterocycles. The van der Waals surface area contributed by atoms with E-state index < -0.39 is 28.5 Å². The van der Waals surface area contributed by atoms with E-state index in [9.17, 15) is 19.7 Å². The van der Waals surface area contributed by atoms with Crippen LogP contribution in [0, 0.1) is 10.1 Å². The second-order valence-corrected chi connectivity index (χ2v) is 7.16. The van der Waals surface area contributed by atoms with Crippen LogP contribution in [0.3, 0.4) is 0 Å². The van der Waals surface area contributed by atoms with Crippen molar-refractivity contribution in [1.82, 2.24) is 4.98 Å². The average molecular weight is 435 g/mol. The van der Waals surface area contributed by atoms with Crippen LogP contribution in [0.1, 0.15) is 32.4 Å². The lowest BCUT2D eigenvalue weighted by Crippen LogP contribution is -2.20. The van der Waals surface area contributed by atoms with Crippen LogP contribution < -0.4 is 0 Å². The van der Waals surface area contributed by atoms with E-state index in [-0.39, 0.29) is 10.6 Å². The van der Waals surface area contributed by atoms with Crippen LogP contribution in [0.4, 0.5) is 5.69 Å². The van der Waals surface area contributed by atoms with E-state index in [0.29, 0.717) is 16.5 Å². The summed E-state index contributed by atoms with van der Waals surface area (Å²) in [6.07, 6.45) is 0.268. The van der Waals surface area contributed by atoms with Crippen molar-refractivity contribution in [2.24, 2.45) is 0 Å². The number of hydrogen-bond acceptors (Lipinski definition) is 5. The van der Waals surface area contributed by atoms with Crippen LogP contribution in [0.25, 0.3) is 10.9 Å². The first-order chi connectivity index (χ1) is 15.0. The number of aromatic nitrogens is 1. The van der Waals surface area contributed by atoms with Crippen LogP contribution in [0.2, 0.25) is 5.02 Å². The summed E-state index contributed by atoms with van der Waals surface area (Å²) in [6.45, 7) is 0. The smallest absolute Gasteiger partial charge is 0.346 e. The molecule has 0 saturated carbocycles. The Morgan fingerprint density at radius 3 is 2.42 bits per heavy atom. The molecule has 4 rings (SSSR count). The fourth-order valence-electron chi connectivity index (χ4n) is 3.32. The van der Waals surface area contributed by atoms with E-state index in [1.165, 1.54) is 12.1 Å². The summed E-state index contributed by atoms with van der Waals surface area (Å²) in [5.74, 6) is -1.45. The summed E-state index contributed by atoms with van der Waals surface area (Å²) in [7, 11) is 0. The monoisotopic (exact) mass is 434 g/mol. The number of hydrogen-bond donors (Lipinski definition) is 1. The summed E-state index contributed by atoms with van der Waals surface area (Å²) in [4.78, 5) is 40.0. The second-order valence-electron chi connectivity index (χ2n) is 6.73. The first-order valence-corrected chi connectivity index (χ1v) is 9.63. The Kier molecular flexibility index (Phi) is 5.51. The molecular formula is C23H15ClN2O5. The van der Waals surface area contributed by atoms with Gasteiger partial charge in [-0.15, -0.1) is 0 Å². The number of benzene rings is 3. The van der Waals surface area contributed by atoms with E-state index in [0.717, 1.165) is 11.6 Å². The summed E-state index contributed by atoms with van der Waals surface area (Å²) >= 11 is 5.83. The zero-order chi connectivity index (χ0) is 22.0. The number of rotatable bonds is 6. The number of ketones is 1. The summed E-state index contributed by atoms with van der Waals surface area (Å²) in [5.41, 5.74) is 0.772. The minimum absolute atomic E-state index is 0.109. The van der Waals surface area contributed by atoms with E-state index in [1.54, 1.807) is 48.7 Å². The highest BCUT2D eigenvalue weighted by molar-refractivity contribution is 6.31. The number of H-pyrrole nitrogens is 1. The van der Waals surface area contributed by atoms with Gasteiger partial charge in [0.25, 0.3) is 5.69 Å². The molecule has 3 aromatic carbocycles. The van der Waals surface area contributed by atoms with Gasteiger partial charge in [-0.1, -0.05) is 60.1 Å². The number of esters is 1. The molecule has 0 aliphatic rings. The van der Waals surface area contributed by atoms with Crippen LogP contribution in [-0.2, 0) is 4.74 Å². The first-order valence-electron chi connectivity index (χ1n) is 9.26. The normalized spacial score (nSPS) is 11.8. The molecule has 7 nitrogen and oxygen atoms in total. The molecular weight excluding hydrogens is 420 g/mol. The van der Waals surface area contributed by atoms with Crippen molar-refractivity contribution in [2.75, 3.05) is 0 Å². The molecule has 0 fully saturated rings. The maximum Gasteiger partial charge on any atom is 0.346 e. The Hall–Kier alpha value is -3.97. The molecule has 1 heterocycles. The van der Waals surface area contributed by atoms with Crippen molar-refractivity contribution in [3.63, 3.8) is 0 Å². The van der Waals surface area contributed by atoms with Gasteiger partial charge in [0.15, 0.2) is 6.10 Å². The topological polar surface area (TPSA) is 102 Å². The largest absolute Gasteiger partial charge is 0.445 e. The molecule has 1 atom stereocenters. The van der Waals surface area contributed by atoms with E-state index in [1.807, 2.05) is 12.1 Å². The minimum atomic E-state index is -1.29. The van der Waals surface area contributed by atoms with Gasteiger partial charge < -0.3 is 9.72 Å². The number of Topliss-reactive ketones (excluding diaryl/α,β-unsaturated/α-hetero) is 1. The molecule has 0 amide bonds. The number of fused-ring (bicyclic) bond motifs is 1. The van der Waals surface area contributed by atoms with E-state index in [4.69, 9.17) is 16.3 Å². The standard InChI is InChI=1S/C23H15ClN2O5/c24-15-10-11-17(20(12-15)26(29)30)23(28)31-22(14-6-2-1-3-7-14)21(27)18-13-25-19-9-5-4-8-16(18)19/h1-13,22,25H. The number of nitrogens with one attached hydrogen (secondary N) is 1. The summed E-state index contributed by atoms with van der Waals surface area (Å²) in [6, 6.07) is 19.4. The van der Waals surface area contributed by atoms with Crippen LogP contribution in [0.15, 0.2) is 79.0 Å². The third kappa shape index (κ3) is 4.04. The van der Waals surface area contributed by atoms with E-state index >= 15 is 0 Å². The van der Waals surface area contributed by atoms with Crippen molar-refractivity contribution in [3.8, 4) is 0 Å². The van der Waals surface area contributed by atoms with Crippen molar-refractivity contribution >= 4 is 39.9 Å². The van der Waals surface area contributed by atoms with Gasteiger partial charge in [-0.25, -0.2) is 4.79 Å². The third-order valence-corrected chi connectivity index (χ3v) is 5.03. The maximum atomic E-state index is 13.4. The molecule has 0 radical (unpaired) electrons. The van der Waals surface area contributed by atoms with Crippen LogP contribution in [0.5, 0.6) is 0 Å². The van der Waals surface area contributed by atoms with Crippen molar-refractivity contribution in [3.05, 3.63) is 111 Å². The molecule has 8 heteroatoms. The first kappa shape index (κ1) is 20.3. The minimum Gasteiger partial charge on any atom is -0.445 e. The summed E-state index contributed by atoms with van der Waals surface area (Å²) in [5, 5.41) is 12.2. The SMILES string of the molecule is O=C(OC(C(=O)c1c[nH]c2ccccc12)c1ccccc1)c1ccc(Cl)cc1[N+](=O)[O-]. The molecule has 4 aromatic rings. The number of para-hydroxylation sites is 1. The number of nitro benzene ring substituents is 1. The fraction of sp³-hybridized carbons (Fsp3) is 0.0435. The number of nitro groups is 1.